The SMILES string of the molecule is CCNC(=NCc1ccc(F)cc1)NCCCC1CC1.I. The second-order valence-corrected chi connectivity index (χ2v) is 5.33. The normalized spacial score (nSPS) is 14.5. The number of nitrogens with zero attached hydrogens (tertiary/aromatic N) is 1. The van der Waals surface area contributed by atoms with Crippen molar-refractivity contribution in [3.05, 3.63) is 35.6 Å². The monoisotopic (exact) mass is 405 g/mol. The van der Waals surface area contributed by atoms with E-state index in [0.29, 0.717) is 6.54 Å². The van der Waals surface area contributed by atoms with E-state index in [0.717, 1.165) is 30.5 Å². The van der Waals surface area contributed by atoms with Gasteiger partial charge in [0.05, 0.1) is 6.54 Å². The van der Waals surface area contributed by atoms with Crippen LogP contribution in [0.2, 0.25) is 0 Å². The van der Waals surface area contributed by atoms with E-state index < -0.39 is 0 Å². The molecule has 0 amide bonds. The van der Waals surface area contributed by atoms with Crippen LogP contribution < -0.4 is 10.6 Å². The number of aliphatic imine (C=N–C) groups is 1. The Balaban J connectivity index is 0.00000220. The first-order valence-corrected chi connectivity index (χ1v) is 7.54. The van der Waals surface area contributed by atoms with Crippen LogP contribution in [0.15, 0.2) is 29.3 Å². The van der Waals surface area contributed by atoms with Crippen molar-refractivity contribution >= 4 is 29.9 Å². The van der Waals surface area contributed by atoms with Gasteiger partial charge in [-0.15, -0.1) is 24.0 Å². The van der Waals surface area contributed by atoms with E-state index in [9.17, 15) is 4.39 Å². The average molecular weight is 405 g/mol. The molecule has 0 saturated heterocycles. The van der Waals surface area contributed by atoms with Crippen molar-refractivity contribution in [1.29, 1.82) is 0 Å². The summed E-state index contributed by atoms with van der Waals surface area (Å²) in [5.41, 5.74) is 1.02. The summed E-state index contributed by atoms with van der Waals surface area (Å²) < 4.78 is 12.8. The molecule has 1 aromatic carbocycles. The highest BCUT2D eigenvalue weighted by molar-refractivity contribution is 14.0. The molecule has 1 saturated carbocycles. The van der Waals surface area contributed by atoms with Crippen LogP contribution in [0.5, 0.6) is 0 Å². The zero-order chi connectivity index (χ0) is 14.2. The Hall–Kier alpha value is -0.850. The van der Waals surface area contributed by atoms with Crippen molar-refractivity contribution < 1.29 is 4.39 Å². The fourth-order valence-electron chi connectivity index (χ4n) is 2.11. The number of benzene rings is 1. The van der Waals surface area contributed by atoms with Gasteiger partial charge in [-0.2, -0.15) is 0 Å². The quantitative estimate of drug-likeness (QED) is 0.314. The van der Waals surface area contributed by atoms with Gasteiger partial charge in [0, 0.05) is 13.1 Å². The second kappa shape index (κ2) is 9.97. The van der Waals surface area contributed by atoms with Crippen LogP contribution in [-0.4, -0.2) is 19.0 Å². The van der Waals surface area contributed by atoms with Crippen LogP contribution in [0, 0.1) is 11.7 Å². The molecule has 1 aromatic rings. The Morgan fingerprint density at radius 1 is 1.24 bits per heavy atom. The molecule has 21 heavy (non-hydrogen) atoms. The van der Waals surface area contributed by atoms with E-state index in [4.69, 9.17) is 0 Å². The minimum atomic E-state index is -0.206. The lowest BCUT2D eigenvalue weighted by molar-refractivity contribution is 0.627. The molecule has 0 bridgehead atoms. The Bertz CT molecular complexity index is 430. The van der Waals surface area contributed by atoms with Crippen molar-refractivity contribution in [2.24, 2.45) is 10.9 Å². The maximum atomic E-state index is 12.8. The van der Waals surface area contributed by atoms with Gasteiger partial charge in [-0.1, -0.05) is 25.0 Å². The molecule has 5 heteroatoms. The smallest absolute Gasteiger partial charge is 0.191 e. The lowest BCUT2D eigenvalue weighted by atomic mass is 10.2. The summed E-state index contributed by atoms with van der Waals surface area (Å²) >= 11 is 0. The average Bonchev–Trinajstić information content (AvgIpc) is 3.26. The van der Waals surface area contributed by atoms with Gasteiger partial charge < -0.3 is 10.6 Å². The summed E-state index contributed by atoms with van der Waals surface area (Å²) in [6.45, 7) is 4.43. The number of guanidine groups is 1. The zero-order valence-corrected chi connectivity index (χ0v) is 14.9. The minimum absolute atomic E-state index is 0. The van der Waals surface area contributed by atoms with Crippen molar-refractivity contribution in [1.82, 2.24) is 10.6 Å². The first kappa shape index (κ1) is 18.2. The van der Waals surface area contributed by atoms with E-state index in [1.54, 1.807) is 12.1 Å². The van der Waals surface area contributed by atoms with Crippen molar-refractivity contribution in [2.75, 3.05) is 13.1 Å². The summed E-state index contributed by atoms with van der Waals surface area (Å²) in [6.07, 6.45) is 5.35. The van der Waals surface area contributed by atoms with Gasteiger partial charge >= 0.3 is 0 Å². The van der Waals surface area contributed by atoms with E-state index >= 15 is 0 Å². The summed E-state index contributed by atoms with van der Waals surface area (Å²) in [4.78, 5) is 4.52. The molecule has 0 atom stereocenters. The highest BCUT2D eigenvalue weighted by Gasteiger charge is 2.19. The predicted octanol–water partition coefficient (Wildman–Crippen LogP) is 3.69. The molecule has 1 aliphatic carbocycles. The molecular formula is C16H25FIN3. The van der Waals surface area contributed by atoms with Crippen LogP contribution in [0.25, 0.3) is 0 Å². The fraction of sp³-hybridized carbons (Fsp3) is 0.562. The lowest BCUT2D eigenvalue weighted by Gasteiger charge is -2.11. The molecule has 2 N–H and O–H groups in total. The molecule has 0 aliphatic heterocycles. The third-order valence-electron chi connectivity index (χ3n) is 3.46. The summed E-state index contributed by atoms with van der Waals surface area (Å²) in [7, 11) is 0. The molecule has 0 unspecified atom stereocenters. The molecule has 3 nitrogen and oxygen atoms in total. The third-order valence-corrected chi connectivity index (χ3v) is 3.46. The molecule has 1 fully saturated rings. The minimum Gasteiger partial charge on any atom is -0.357 e. The van der Waals surface area contributed by atoms with Crippen LogP contribution in [-0.2, 0) is 6.54 Å². The van der Waals surface area contributed by atoms with Crippen LogP contribution in [0.1, 0.15) is 38.2 Å². The molecule has 2 rings (SSSR count). The van der Waals surface area contributed by atoms with E-state index in [1.165, 1.54) is 37.8 Å². The first-order valence-electron chi connectivity index (χ1n) is 7.54. The zero-order valence-electron chi connectivity index (χ0n) is 12.6. The van der Waals surface area contributed by atoms with E-state index in [1.807, 2.05) is 0 Å². The molecular weight excluding hydrogens is 380 g/mol. The second-order valence-electron chi connectivity index (χ2n) is 5.33. The van der Waals surface area contributed by atoms with Gasteiger partial charge in [-0.25, -0.2) is 9.38 Å². The van der Waals surface area contributed by atoms with E-state index in [-0.39, 0.29) is 29.8 Å². The molecule has 0 spiro atoms. The fourth-order valence-corrected chi connectivity index (χ4v) is 2.11. The maximum absolute atomic E-state index is 12.8. The van der Waals surface area contributed by atoms with Gasteiger partial charge in [-0.05, 0) is 43.4 Å². The van der Waals surface area contributed by atoms with Gasteiger partial charge in [0.2, 0.25) is 0 Å². The number of halogens is 2. The number of hydrogen-bond acceptors (Lipinski definition) is 1. The third kappa shape index (κ3) is 7.64. The highest BCUT2D eigenvalue weighted by atomic mass is 127. The van der Waals surface area contributed by atoms with E-state index in [2.05, 4.69) is 22.5 Å². The Morgan fingerprint density at radius 3 is 2.57 bits per heavy atom. The molecule has 0 aromatic heterocycles. The number of rotatable bonds is 7. The Kier molecular flexibility index (Phi) is 8.64. The largest absolute Gasteiger partial charge is 0.357 e. The number of nitrogens with one attached hydrogen (secondary N) is 2. The maximum Gasteiger partial charge on any atom is 0.191 e. The molecule has 0 radical (unpaired) electrons. The van der Waals surface area contributed by atoms with Gasteiger partial charge in [0.15, 0.2) is 5.96 Å². The summed E-state index contributed by atoms with van der Waals surface area (Å²) in [5.74, 6) is 1.62. The van der Waals surface area contributed by atoms with Crippen molar-refractivity contribution in [2.45, 2.75) is 39.2 Å². The predicted molar refractivity (Wildman–Crippen MR) is 96.6 cm³/mol. The van der Waals surface area contributed by atoms with Crippen LogP contribution in [0.4, 0.5) is 4.39 Å². The molecule has 118 valence electrons. The van der Waals surface area contributed by atoms with Crippen molar-refractivity contribution in [3.8, 4) is 0 Å². The first-order chi connectivity index (χ1) is 9.78. The Morgan fingerprint density at radius 2 is 1.95 bits per heavy atom. The van der Waals surface area contributed by atoms with Gasteiger partial charge in [0.25, 0.3) is 0 Å². The highest BCUT2D eigenvalue weighted by Crippen LogP contribution is 2.33. The lowest BCUT2D eigenvalue weighted by Crippen LogP contribution is -2.37. The standard InChI is InChI=1S/C16H24FN3.HI/c1-2-18-16(19-11-3-4-13-5-6-13)20-12-14-7-9-15(17)10-8-14;/h7-10,13H,2-6,11-12H2,1H3,(H2,18,19,20);1H. The van der Waals surface area contributed by atoms with Crippen LogP contribution in [0.3, 0.4) is 0 Å². The summed E-state index contributed by atoms with van der Waals surface area (Å²) in [6, 6.07) is 6.49. The van der Waals surface area contributed by atoms with Gasteiger partial charge in [-0.3, -0.25) is 0 Å². The van der Waals surface area contributed by atoms with Crippen LogP contribution >= 0.6 is 24.0 Å². The van der Waals surface area contributed by atoms with Crippen molar-refractivity contribution in [3.63, 3.8) is 0 Å². The Labute approximate surface area is 143 Å². The number of hydrogen-bond donors (Lipinski definition) is 2. The topological polar surface area (TPSA) is 36.4 Å². The molecule has 0 heterocycles. The summed E-state index contributed by atoms with van der Waals surface area (Å²) in [5, 5.41) is 6.58. The molecule has 1 aliphatic rings. The van der Waals surface area contributed by atoms with Gasteiger partial charge in [0.1, 0.15) is 5.82 Å².